The first-order valence-corrected chi connectivity index (χ1v) is 9.35. The molecule has 6 heteroatoms. The van der Waals surface area contributed by atoms with Crippen LogP contribution < -0.4 is 15.2 Å². The number of hydrogen-bond donors (Lipinski definition) is 3. The second-order valence-electron chi connectivity index (χ2n) is 6.74. The van der Waals surface area contributed by atoms with E-state index in [2.05, 4.69) is 4.98 Å². The van der Waals surface area contributed by atoms with E-state index in [1.54, 1.807) is 14.2 Å². The number of benzene rings is 2. The van der Waals surface area contributed by atoms with Crippen molar-refractivity contribution in [1.29, 1.82) is 0 Å². The summed E-state index contributed by atoms with van der Waals surface area (Å²) in [7, 11) is 3.23. The molecule has 148 valence electrons. The van der Waals surface area contributed by atoms with Crippen LogP contribution in [0.1, 0.15) is 24.0 Å². The predicted octanol–water partition coefficient (Wildman–Crippen LogP) is 3.76. The third-order valence-electron chi connectivity index (χ3n) is 4.88. The first-order valence-electron chi connectivity index (χ1n) is 9.35. The average molecular weight is 382 g/mol. The number of nitrogens with two attached hydrogens (primary N) is 1. The predicted molar refractivity (Wildman–Crippen MR) is 110 cm³/mol. The van der Waals surface area contributed by atoms with Crippen molar-refractivity contribution in [3.8, 4) is 22.8 Å². The van der Waals surface area contributed by atoms with E-state index >= 15 is 0 Å². The summed E-state index contributed by atoms with van der Waals surface area (Å²) in [6, 6.07) is 11.6. The van der Waals surface area contributed by atoms with Crippen molar-refractivity contribution in [2.75, 3.05) is 20.8 Å². The van der Waals surface area contributed by atoms with Gasteiger partial charge < -0.3 is 25.3 Å². The minimum Gasteiger partial charge on any atom is -0.493 e. The largest absolute Gasteiger partial charge is 0.493 e. The molecule has 0 atom stereocenters. The Morgan fingerprint density at radius 1 is 1.07 bits per heavy atom. The highest BCUT2D eigenvalue weighted by Gasteiger charge is 2.16. The topological polar surface area (TPSA) is 97.6 Å². The number of ether oxygens (including phenoxy) is 2. The molecule has 0 fully saturated rings. The zero-order valence-electron chi connectivity index (χ0n) is 16.2. The maximum atomic E-state index is 11.1. The van der Waals surface area contributed by atoms with Gasteiger partial charge >= 0.3 is 5.97 Å². The zero-order valence-corrected chi connectivity index (χ0v) is 16.2. The van der Waals surface area contributed by atoms with Crippen LogP contribution in [0.25, 0.3) is 22.2 Å². The smallest absolute Gasteiger partial charge is 0.307 e. The van der Waals surface area contributed by atoms with Gasteiger partial charge in [0.2, 0.25) is 0 Å². The second-order valence-corrected chi connectivity index (χ2v) is 6.74. The van der Waals surface area contributed by atoms with Crippen LogP contribution in [0.4, 0.5) is 0 Å². The van der Waals surface area contributed by atoms with Crippen LogP contribution in [0, 0.1) is 0 Å². The number of aromatic amines is 1. The molecule has 0 saturated carbocycles. The van der Waals surface area contributed by atoms with Gasteiger partial charge in [-0.3, -0.25) is 4.79 Å². The van der Waals surface area contributed by atoms with E-state index in [9.17, 15) is 4.79 Å². The standard InChI is InChI=1S/C22H26N2O4/c1-27-19-9-7-15(13-20(19)28-2)22-16(5-3-4-10-23)17-11-14(12-21(25)26)6-8-18(17)24-22/h6-9,11,13,24H,3-5,10,12,23H2,1-2H3,(H,25,26). The summed E-state index contributed by atoms with van der Waals surface area (Å²) in [6.45, 7) is 0.651. The van der Waals surface area contributed by atoms with Gasteiger partial charge in [-0.15, -0.1) is 0 Å². The number of unbranched alkanes of at least 4 members (excludes halogenated alkanes) is 1. The number of carboxylic acid groups (broad SMARTS) is 1. The van der Waals surface area contributed by atoms with Gasteiger partial charge in [0.15, 0.2) is 11.5 Å². The highest BCUT2D eigenvalue weighted by Crippen LogP contribution is 2.37. The van der Waals surface area contributed by atoms with Crippen molar-refractivity contribution in [3.05, 3.63) is 47.5 Å². The first kappa shape index (κ1) is 19.8. The van der Waals surface area contributed by atoms with Crippen molar-refractivity contribution in [1.82, 2.24) is 4.98 Å². The van der Waals surface area contributed by atoms with Crippen LogP contribution in [-0.4, -0.2) is 36.8 Å². The second kappa shape index (κ2) is 8.80. The highest BCUT2D eigenvalue weighted by molar-refractivity contribution is 5.92. The summed E-state index contributed by atoms with van der Waals surface area (Å²) in [5.74, 6) is 0.508. The van der Waals surface area contributed by atoms with Gasteiger partial charge in [-0.1, -0.05) is 6.07 Å². The van der Waals surface area contributed by atoms with Crippen molar-refractivity contribution in [2.45, 2.75) is 25.7 Å². The molecule has 2 aromatic carbocycles. The number of rotatable bonds is 9. The Hall–Kier alpha value is -2.99. The summed E-state index contributed by atoms with van der Waals surface area (Å²) in [6.07, 6.45) is 2.77. The van der Waals surface area contributed by atoms with E-state index in [-0.39, 0.29) is 6.42 Å². The SMILES string of the molecule is COc1ccc(-c2[nH]c3ccc(CC(=O)O)cc3c2CCCCN)cc1OC. The monoisotopic (exact) mass is 382 g/mol. The third-order valence-corrected chi connectivity index (χ3v) is 4.88. The van der Waals surface area contributed by atoms with Crippen LogP contribution in [0.5, 0.6) is 11.5 Å². The van der Waals surface area contributed by atoms with E-state index in [1.807, 2.05) is 36.4 Å². The Bertz CT molecular complexity index is 978. The molecule has 4 N–H and O–H groups in total. The summed E-state index contributed by atoms with van der Waals surface area (Å²) >= 11 is 0. The Morgan fingerprint density at radius 3 is 2.54 bits per heavy atom. The maximum Gasteiger partial charge on any atom is 0.307 e. The highest BCUT2D eigenvalue weighted by atomic mass is 16.5. The molecule has 0 amide bonds. The number of nitrogens with one attached hydrogen (secondary N) is 1. The number of fused-ring (bicyclic) bond motifs is 1. The van der Waals surface area contributed by atoms with E-state index in [1.165, 1.54) is 5.56 Å². The van der Waals surface area contributed by atoms with Crippen molar-refractivity contribution in [3.63, 3.8) is 0 Å². The van der Waals surface area contributed by atoms with Crippen molar-refractivity contribution in [2.24, 2.45) is 5.73 Å². The van der Waals surface area contributed by atoms with E-state index in [0.29, 0.717) is 18.0 Å². The molecular formula is C22H26N2O4. The molecule has 0 aliphatic carbocycles. The fourth-order valence-electron chi connectivity index (χ4n) is 3.52. The van der Waals surface area contributed by atoms with Crippen LogP contribution in [-0.2, 0) is 17.6 Å². The molecule has 1 heterocycles. The van der Waals surface area contributed by atoms with Crippen LogP contribution in [0.15, 0.2) is 36.4 Å². The third kappa shape index (κ3) is 4.12. The maximum absolute atomic E-state index is 11.1. The molecule has 0 unspecified atom stereocenters. The van der Waals surface area contributed by atoms with Crippen LogP contribution in [0.2, 0.25) is 0 Å². The molecule has 0 aliphatic rings. The van der Waals surface area contributed by atoms with E-state index in [0.717, 1.165) is 47.0 Å². The van der Waals surface area contributed by atoms with Crippen LogP contribution in [0.3, 0.4) is 0 Å². The number of H-pyrrole nitrogens is 1. The zero-order chi connectivity index (χ0) is 20.1. The summed E-state index contributed by atoms with van der Waals surface area (Å²) < 4.78 is 10.8. The normalized spacial score (nSPS) is 11.0. The van der Waals surface area contributed by atoms with Gasteiger partial charge in [0, 0.05) is 22.2 Å². The minimum absolute atomic E-state index is 0.00898. The molecule has 28 heavy (non-hydrogen) atoms. The number of carbonyl (C=O) groups is 1. The lowest BCUT2D eigenvalue weighted by atomic mass is 9.98. The molecular weight excluding hydrogens is 356 g/mol. The Kier molecular flexibility index (Phi) is 6.21. The van der Waals surface area contributed by atoms with E-state index < -0.39 is 5.97 Å². The summed E-state index contributed by atoms with van der Waals surface area (Å²) in [5.41, 5.74) is 10.6. The molecule has 6 nitrogen and oxygen atoms in total. The number of carboxylic acids is 1. The Balaban J connectivity index is 2.12. The van der Waals surface area contributed by atoms with Crippen LogP contribution >= 0.6 is 0 Å². The van der Waals surface area contributed by atoms with Crippen molar-refractivity contribution >= 4 is 16.9 Å². The lowest BCUT2D eigenvalue weighted by molar-refractivity contribution is -0.136. The van der Waals surface area contributed by atoms with Gasteiger partial charge in [0.05, 0.1) is 20.6 Å². The number of aromatic nitrogens is 1. The molecule has 0 radical (unpaired) electrons. The molecule has 0 saturated heterocycles. The van der Waals surface area contributed by atoms with Gasteiger partial charge in [-0.05, 0) is 67.3 Å². The lowest BCUT2D eigenvalue weighted by Crippen LogP contribution is -2.00. The number of aliphatic carboxylic acids is 1. The molecule has 0 spiro atoms. The number of methoxy groups -OCH3 is 2. The van der Waals surface area contributed by atoms with Gasteiger partial charge in [0.1, 0.15) is 0 Å². The van der Waals surface area contributed by atoms with Gasteiger partial charge in [-0.2, -0.15) is 0 Å². The van der Waals surface area contributed by atoms with Gasteiger partial charge in [-0.25, -0.2) is 0 Å². The minimum atomic E-state index is -0.834. The fourth-order valence-corrected chi connectivity index (χ4v) is 3.52. The molecule has 3 aromatic rings. The average Bonchev–Trinajstić information content (AvgIpc) is 3.05. The molecule has 0 aliphatic heterocycles. The first-order chi connectivity index (χ1) is 13.6. The molecule has 3 rings (SSSR count). The quantitative estimate of drug-likeness (QED) is 0.490. The lowest BCUT2D eigenvalue weighted by Gasteiger charge is -2.10. The van der Waals surface area contributed by atoms with E-state index in [4.69, 9.17) is 20.3 Å². The number of hydrogen-bond acceptors (Lipinski definition) is 4. The summed E-state index contributed by atoms with van der Waals surface area (Å²) in [4.78, 5) is 14.6. The Labute approximate surface area is 164 Å². The fraction of sp³-hybridized carbons (Fsp3) is 0.318. The molecule has 0 bridgehead atoms. The summed E-state index contributed by atoms with van der Waals surface area (Å²) in [5, 5.41) is 10.2. The van der Waals surface area contributed by atoms with Gasteiger partial charge in [0.25, 0.3) is 0 Å². The van der Waals surface area contributed by atoms with Crippen molar-refractivity contribution < 1.29 is 19.4 Å². The Morgan fingerprint density at radius 2 is 1.86 bits per heavy atom. The molecule has 1 aromatic heterocycles. The number of aryl methyl sites for hydroxylation is 1.